The highest BCUT2D eigenvalue weighted by Gasteiger charge is 2.28. The standard InChI is InChI=1S/C27H36N2O3/c1-19(2)23-13-15-25(16-14-23)32-18-26(30)29(17-22-11-9-20(3)10-12-22)21(4)27(31)28-24-7-5-6-8-24/h9-16,19,21,24H,5-8,17-18H2,1-4H3,(H,28,31)/t21-/m0/s1. The SMILES string of the molecule is Cc1ccc(CN(C(=O)COc2ccc(C(C)C)cc2)[C@@H](C)C(=O)NC2CCCC2)cc1. The number of ether oxygens (including phenoxy) is 1. The van der Waals surface area contributed by atoms with Crippen LogP contribution in [0.3, 0.4) is 0 Å². The molecule has 0 bridgehead atoms. The van der Waals surface area contributed by atoms with Gasteiger partial charge in [-0.05, 0) is 55.9 Å². The number of amides is 2. The molecule has 1 atom stereocenters. The number of rotatable bonds is 9. The molecule has 172 valence electrons. The molecule has 1 aliphatic rings. The summed E-state index contributed by atoms with van der Waals surface area (Å²) >= 11 is 0. The monoisotopic (exact) mass is 436 g/mol. The Morgan fingerprint density at radius 2 is 1.62 bits per heavy atom. The van der Waals surface area contributed by atoms with E-state index in [4.69, 9.17) is 4.74 Å². The number of hydrogen-bond donors (Lipinski definition) is 1. The Kier molecular flexibility index (Phi) is 8.32. The van der Waals surface area contributed by atoms with Gasteiger partial charge in [0.15, 0.2) is 6.61 Å². The first-order valence-corrected chi connectivity index (χ1v) is 11.7. The third-order valence-corrected chi connectivity index (χ3v) is 6.25. The van der Waals surface area contributed by atoms with Gasteiger partial charge in [-0.1, -0.05) is 68.7 Å². The minimum atomic E-state index is -0.573. The Hall–Kier alpha value is -2.82. The van der Waals surface area contributed by atoms with E-state index in [2.05, 4.69) is 19.2 Å². The number of benzene rings is 2. The van der Waals surface area contributed by atoms with Crippen molar-refractivity contribution in [1.82, 2.24) is 10.2 Å². The Morgan fingerprint density at radius 1 is 1.00 bits per heavy atom. The van der Waals surface area contributed by atoms with Gasteiger partial charge in [0, 0.05) is 12.6 Å². The first kappa shape index (κ1) is 23.8. The molecular formula is C27H36N2O3. The predicted molar refractivity (Wildman–Crippen MR) is 128 cm³/mol. The number of carbonyl (C=O) groups excluding carboxylic acids is 2. The molecule has 0 saturated heterocycles. The zero-order valence-electron chi connectivity index (χ0n) is 19.8. The van der Waals surface area contributed by atoms with Crippen LogP contribution in [0, 0.1) is 6.92 Å². The van der Waals surface area contributed by atoms with Crippen molar-refractivity contribution in [1.29, 1.82) is 0 Å². The lowest BCUT2D eigenvalue weighted by Crippen LogP contribution is -2.50. The van der Waals surface area contributed by atoms with Crippen LogP contribution in [0.5, 0.6) is 5.75 Å². The van der Waals surface area contributed by atoms with Crippen LogP contribution >= 0.6 is 0 Å². The summed E-state index contributed by atoms with van der Waals surface area (Å²) in [5.41, 5.74) is 3.37. The summed E-state index contributed by atoms with van der Waals surface area (Å²) in [6.45, 7) is 8.37. The van der Waals surface area contributed by atoms with Gasteiger partial charge in [-0.2, -0.15) is 0 Å². The third-order valence-electron chi connectivity index (χ3n) is 6.25. The van der Waals surface area contributed by atoms with Gasteiger partial charge in [-0.3, -0.25) is 9.59 Å². The van der Waals surface area contributed by atoms with Gasteiger partial charge < -0.3 is 15.0 Å². The first-order valence-electron chi connectivity index (χ1n) is 11.7. The van der Waals surface area contributed by atoms with Gasteiger partial charge in [0.1, 0.15) is 11.8 Å². The largest absolute Gasteiger partial charge is 0.484 e. The number of carbonyl (C=O) groups is 2. The minimum absolute atomic E-state index is 0.0985. The van der Waals surface area contributed by atoms with E-state index in [9.17, 15) is 9.59 Å². The lowest BCUT2D eigenvalue weighted by atomic mass is 10.0. The summed E-state index contributed by atoms with van der Waals surface area (Å²) in [7, 11) is 0. The van der Waals surface area contributed by atoms with E-state index in [-0.39, 0.29) is 24.5 Å². The number of nitrogens with one attached hydrogen (secondary N) is 1. The van der Waals surface area contributed by atoms with Gasteiger partial charge in [-0.15, -0.1) is 0 Å². The van der Waals surface area contributed by atoms with E-state index in [0.717, 1.165) is 36.8 Å². The average molecular weight is 437 g/mol. The maximum Gasteiger partial charge on any atom is 0.261 e. The molecule has 3 rings (SSSR count). The summed E-state index contributed by atoms with van der Waals surface area (Å²) in [5, 5.41) is 3.13. The summed E-state index contributed by atoms with van der Waals surface area (Å²) in [5.74, 6) is 0.794. The highest BCUT2D eigenvalue weighted by atomic mass is 16.5. The van der Waals surface area contributed by atoms with Crippen LogP contribution in [0.4, 0.5) is 0 Å². The van der Waals surface area contributed by atoms with Crippen LogP contribution in [0.15, 0.2) is 48.5 Å². The van der Waals surface area contributed by atoms with Crippen molar-refractivity contribution in [2.24, 2.45) is 0 Å². The topological polar surface area (TPSA) is 58.6 Å². The normalized spacial score (nSPS) is 14.9. The lowest BCUT2D eigenvalue weighted by Gasteiger charge is -2.29. The third kappa shape index (κ3) is 6.59. The van der Waals surface area contributed by atoms with Crippen LogP contribution in [0.25, 0.3) is 0 Å². The molecule has 32 heavy (non-hydrogen) atoms. The van der Waals surface area contributed by atoms with Crippen LogP contribution in [0.2, 0.25) is 0 Å². The molecule has 0 unspecified atom stereocenters. The second-order valence-corrected chi connectivity index (χ2v) is 9.19. The fourth-order valence-electron chi connectivity index (χ4n) is 4.04. The van der Waals surface area contributed by atoms with Gasteiger partial charge in [0.2, 0.25) is 5.91 Å². The minimum Gasteiger partial charge on any atom is -0.484 e. The van der Waals surface area contributed by atoms with E-state index in [1.54, 1.807) is 11.8 Å². The number of nitrogens with zero attached hydrogens (tertiary/aromatic N) is 1. The van der Waals surface area contributed by atoms with Crippen molar-refractivity contribution in [2.75, 3.05) is 6.61 Å². The fraction of sp³-hybridized carbons (Fsp3) is 0.481. The summed E-state index contributed by atoms with van der Waals surface area (Å²) in [4.78, 5) is 27.7. The summed E-state index contributed by atoms with van der Waals surface area (Å²) in [6.07, 6.45) is 4.32. The smallest absolute Gasteiger partial charge is 0.261 e. The van der Waals surface area contributed by atoms with Gasteiger partial charge in [-0.25, -0.2) is 0 Å². The maximum atomic E-state index is 13.2. The van der Waals surface area contributed by atoms with Crippen LogP contribution < -0.4 is 10.1 Å². The second kappa shape index (κ2) is 11.2. The number of aryl methyl sites for hydroxylation is 1. The molecule has 1 saturated carbocycles. The van der Waals surface area contributed by atoms with Gasteiger partial charge in [0.25, 0.3) is 5.91 Å². The van der Waals surface area contributed by atoms with Crippen molar-refractivity contribution < 1.29 is 14.3 Å². The van der Waals surface area contributed by atoms with E-state index >= 15 is 0 Å². The Morgan fingerprint density at radius 3 is 2.22 bits per heavy atom. The molecule has 5 heteroatoms. The highest BCUT2D eigenvalue weighted by molar-refractivity contribution is 5.88. The van der Waals surface area contributed by atoms with Crippen molar-refractivity contribution in [3.05, 3.63) is 65.2 Å². The highest BCUT2D eigenvalue weighted by Crippen LogP contribution is 2.20. The molecule has 2 aromatic carbocycles. The lowest BCUT2D eigenvalue weighted by molar-refractivity contribution is -0.142. The first-order chi connectivity index (χ1) is 15.3. The molecule has 1 fully saturated rings. The molecule has 0 aromatic heterocycles. The molecule has 2 aromatic rings. The van der Waals surface area contributed by atoms with Crippen molar-refractivity contribution in [3.8, 4) is 5.75 Å². The molecule has 1 N–H and O–H groups in total. The average Bonchev–Trinajstić information content (AvgIpc) is 3.30. The second-order valence-electron chi connectivity index (χ2n) is 9.19. The van der Waals surface area contributed by atoms with E-state index in [0.29, 0.717) is 18.2 Å². The van der Waals surface area contributed by atoms with E-state index < -0.39 is 6.04 Å². The van der Waals surface area contributed by atoms with Crippen molar-refractivity contribution in [2.45, 2.75) is 77.9 Å². The molecule has 0 radical (unpaired) electrons. The Balaban J connectivity index is 1.68. The van der Waals surface area contributed by atoms with E-state index in [1.807, 2.05) is 55.5 Å². The van der Waals surface area contributed by atoms with Crippen LogP contribution in [-0.2, 0) is 16.1 Å². The summed E-state index contributed by atoms with van der Waals surface area (Å²) < 4.78 is 5.78. The van der Waals surface area contributed by atoms with Gasteiger partial charge in [0.05, 0.1) is 0 Å². The molecule has 0 spiro atoms. The fourth-order valence-corrected chi connectivity index (χ4v) is 4.04. The van der Waals surface area contributed by atoms with Crippen molar-refractivity contribution >= 4 is 11.8 Å². The summed E-state index contributed by atoms with van der Waals surface area (Å²) in [6, 6.07) is 15.5. The van der Waals surface area contributed by atoms with Crippen LogP contribution in [-0.4, -0.2) is 35.4 Å². The molecule has 5 nitrogen and oxygen atoms in total. The molecule has 0 heterocycles. The van der Waals surface area contributed by atoms with Crippen LogP contribution in [0.1, 0.15) is 69.1 Å². The molecule has 0 aliphatic heterocycles. The quantitative estimate of drug-likeness (QED) is 0.604. The zero-order valence-corrected chi connectivity index (χ0v) is 19.8. The number of hydrogen-bond acceptors (Lipinski definition) is 3. The zero-order chi connectivity index (χ0) is 23.1. The Bertz CT molecular complexity index is 884. The predicted octanol–water partition coefficient (Wildman–Crippen LogP) is 4.97. The van der Waals surface area contributed by atoms with Gasteiger partial charge >= 0.3 is 0 Å². The molecule has 2 amide bonds. The molecule has 1 aliphatic carbocycles. The molecular weight excluding hydrogens is 400 g/mol. The van der Waals surface area contributed by atoms with Crippen molar-refractivity contribution in [3.63, 3.8) is 0 Å². The maximum absolute atomic E-state index is 13.2. The van der Waals surface area contributed by atoms with E-state index in [1.165, 1.54) is 5.56 Å². The Labute approximate surface area is 192 Å².